The first-order chi connectivity index (χ1) is 37.4. The summed E-state index contributed by atoms with van der Waals surface area (Å²) < 4.78 is 6.93. The predicted molar refractivity (Wildman–Crippen MR) is 324 cm³/mol. The van der Waals surface area contributed by atoms with E-state index in [1.807, 2.05) is 0 Å². The first-order valence-electron chi connectivity index (χ1n) is 27.2. The topological polar surface area (TPSA) is 12.5 Å². The van der Waals surface area contributed by atoms with Crippen LogP contribution in [-0.4, -0.2) is 0 Å². The third-order valence-electron chi connectivity index (χ3n) is 17.9. The van der Waals surface area contributed by atoms with E-state index in [-0.39, 0.29) is 16.2 Å². The Hall–Kier alpha value is -8.98. The lowest BCUT2D eigenvalue weighted by Gasteiger charge is -2.35. The van der Waals surface area contributed by atoms with Crippen molar-refractivity contribution in [2.75, 3.05) is 4.90 Å². The van der Waals surface area contributed by atoms with Crippen LogP contribution in [0.1, 0.15) is 74.9 Å². The number of para-hydroxylation sites is 2. The monoisotopic (exact) mass is 987 g/mol. The highest BCUT2D eigenvalue weighted by molar-refractivity contribution is 6.08. The Bertz CT molecular complexity index is 4270. The van der Waals surface area contributed by atoms with Gasteiger partial charge in [0.15, 0.2) is 0 Å². The lowest BCUT2D eigenvalue weighted by molar-refractivity contribution is 0.419. The summed E-state index contributed by atoms with van der Waals surface area (Å²) in [5.74, 6) is 1.85. The molecule has 0 amide bonds. The van der Waals surface area contributed by atoms with Gasteiger partial charge in [0, 0.05) is 49.7 Å². The summed E-state index contributed by atoms with van der Waals surface area (Å²) in [6.07, 6.45) is 0. The third-order valence-corrected chi connectivity index (χ3v) is 17.9. The van der Waals surface area contributed by atoms with Crippen molar-refractivity contribution in [2.45, 2.75) is 57.8 Å². The summed E-state index contributed by atoms with van der Waals surface area (Å²) in [4.78, 5) is 2.53. The van der Waals surface area contributed by atoms with Gasteiger partial charge >= 0.3 is 0 Å². The van der Waals surface area contributed by atoms with Gasteiger partial charge in [-0.05, 0) is 148 Å². The Morgan fingerprint density at radius 1 is 0.286 bits per heavy atom. The van der Waals surface area contributed by atoms with Crippen LogP contribution in [0.3, 0.4) is 0 Å². The van der Waals surface area contributed by atoms with Crippen LogP contribution >= 0.6 is 0 Å². The molecule has 0 bridgehead atoms. The molecule has 0 saturated heterocycles. The van der Waals surface area contributed by atoms with Gasteiger partial charge in [-0.1, -0.05) is 230 Å². The number of fused-ring (bicyclic) bond motifs is 11. The predicted octanol–water partition coefficient (Wildman–Crippen LogP) is 20.7. The Morgan fingerprint density at radius 3 is 1.29 bits per heavy atom. The minimum absolute atomic E-state index is 0.232. The molecule has 2 heteroatoms. The van der Waals surface area contributed by atoms with E-state index >= 15 is 0 Å². The van der Waals surface area contributed by atoms with Gasteiger partial charge in [0.1, 0.15) is 11.5 Å². The molecule has 0 N–H and O–H groups in total. The van der Waals surface area contributed by atoms with Crippen LogP contribution in [0.4, 0.5) is 17.1 Å². The molecule has 1 aliphatic heterocycles. The number of nitrogens with zero attached hydrogens (tertiary/aromatic N) is 1. The number of rotatable bonds is 6. The van der Waals surface area contributed by atoms with Crippen LogP contribution in [0.5, 0.6) is 11.5 Å². The fourth-order valence-corrected chi connectivity index (χ4v) is 13.8. The van der Waals surface area contributed by atoms with E-state index in [0.717, 1.165) is 39.7 Å². The van der Waals surface area contributed by atoms with E-state index in [0.29, 0.717) is 0 Å². The summed E-state index contributed by atoms with van der Waals surface area (Å²) in [6, 6.07) is 88.4. The molecule has 2 nitrogen and oxygen atoms in total. The van der Waals surface area contributed by atoms with Gasteiger partial charge in [0.25, 0.3) is 0 Å². The van der Waals surface area contributed by atoms with Gasteiger partial charge in [-0.3, -0.25) is 0 Å². The van der Waals surface area contributed by atoms with Crippen molar-refractivity contribution in [3.63, 3.8) is 0 Å². The molecule has 3 aliphatic rings. The van der Waals surface area contributed by atoms with Gasteiger partial charge in [-0.2, -0.15) is 0 Å². The van der Waals surface area contributed by atoms with Gasteiger partial charge in [0.05, 0.1) is 5.69 Å². The van der Waals surface area contributed by atoms with E-state index < -0.39 is 0 Å². The molecule has 12 aromatic rings. The largest absolute Gasteiger partial charge is 0.456 e. The number of hydrogen-bond acceptors (Lipinski definition) is 2. The second kappa shape index (κ2) is 16.5. The van der Waals surface area contributed by atoms with Gasteiger partial charge in [-0.15, -0.1) is 0 Å². The molecule has 1 heterocycles. The molecule has 0 spiro atoms. The van der Waals surface area contributed by atoms with Crippen molar-refractivity contribution in [3.05, 3.63) is 270 Å². The Balaban J connectivity index is 0.897. The fourth-order valence-electron chi connectivity index (χ4n) is 13.8. The van der Waals surface area contributed by atoms with Crippen molar-refractivity contribution >= 4 is 49.4 Å². The van der Waals surface area contributed by atoms with Crippen molar-refractivity contribution in [1.82, 2.24) is 0 Å². The highest BCUT2D eigenvalue weighted by Gasteiger charge is 2.40. The maximum absolute atomic E-state index is 6.93. The average Bonchev–Trinajstić information content (AvgIpc) is 3.83. The molecule has 368 valence electrons. The number of hydrogen-bond donors (Lipinski definition) is 0. The van der Waals surface area contributed by atoms with Crippen LogP contribution in [0.15, 0.2) is 237 Å². The molecular weight excluding hydrogens is 931 g/mol. The second-order valence-electron chi connectivity index (χ2n) is 23.2. The van der Waals surface area contributed by atoms with Crippen molar-refractivity contribution in [3.8, 4) is 67.1 Å². The molecule has 0 fully saturated rings. The van der Waals surface area contributed by atoms with E-state index in [1.165, 1.54) is 110 Å². The lowest BCUT2D eigenvalue weighted by atomic mass is 9.74. The van der Waals surface area contributed by atoms with Crippen LogP contribution in [-0.2, 0) is 16.2 Å². The summed E-state index contributed by atoms with van der Waals surface area (Å²) in [5, 5.41) is 7.42. The first kappa shape index (κ1) is 45.4. The van der Waals surface area contributed by atoms with Crippen molar-refractivity contribution in [2.24, 2.45) is 0 Å². The standard InChI is InChI=1S/C75H57NO/c1-73(2)64-29-13-14-31-71(64)77-72-63(28-17-30-65(72)73)57-40-41-70(62-25-12-11-24-56(57)62)76(50-34-38-60-58-36-32-48(42-66(58)74(3,4)68(60)44-50)54-26-15-20-46-18-7-9-22-52(46)54)51-35-39-61-59-37-33-49(43-67(59)75(5,6)69(61)45-51)55-27-16-21-47-19-8-10-23-53(47)55/h7-45H,1-6H3. The lowest BCUT2D eigenvalue weighted by Crippen LogP contribution is -2.24. The van der Waals surface area contributed by atoms with E-state index in [1.54, 1.807) is 0 Å². The van der Waals surface area contributed by atoms with Gasteiger partial charge in [0.2, 0.25) is 0 Å². The number of anilines is 3. The van der Waals surface area contributed by atoms with Gasteiger partial charge in [-0.25, -0.2) is 0 Å². The molecule has 77 heavy (non-hydrogen) atoms. The highest BCUT2D eigenvalue weighted by atomic mass is 16.5. The van der Waals surface area contributed by atoms with Crippen LogP contribution in [0.2, 0.25) is 0 Å². The number of benzene rings is 12. The summed E-state index contributed by atoms with van der Waals surface area (Å²) in [6.45, 7) is 14.3. The zero-order chi connectivity index (χ0) is 52.0. The normalized spacial score (nSPS) is 14.8. The zero-order valence-electron chi connectivity index (χ0n) is 44.4. The quantitative estimate of drug-likeness (QED) is 0.165. The van der Waals surface area contributed by atoms with E-state index in [2.05, 4.69) is 283 Å². The maximum Gasteiger partial charge on any atom is 0.139 e. The Kier molecular flexibility index (Phi) is 9.74. The zero-order valence-corrected chi connectivity index (χ0v) is 44.4. The SMILES string of the molecule is CC1(C)c2cc(-c3cccc4ccccc34)ccc2-c2ccc(N(c3ccc4c(c3)C(C)(C)c3cc(-c5cccc6ccccc56)ccc3-4)c3ccc(-c4cccc5c4Oc4ccccc4C5(C)C)c4ccccc34)cc21. The summed E-state index contributed by atoms with van der Waals surface area (Å²) in [5.41, 5.74) is 22.9. The molecule has 0 saturated carbocycles. The average molecular weight is 988 g/mol. The maximum atomic E-state index is 6.93. The van der Waals surface area contributed by atoms with Gasteiger partial charge < -0.3 is 9.64 Å². The van der Waals surface area contributed by atoms with E-state index in [9.17, 15) is 0 Å². The van der Waals surface area contributed by atoms with Crippen molar-refractivity contribution < 1.29 is 4.74 Å². The Morgan fingerprint density at radius 2 is 0.701 bits per heavy atom. The molecule has 12 aromatic carbocycles. The van der Waals surface area contributed by atoms with Crippen LogP contribution in [0.25, 0.3) is 88.0 Å². The number of ether oxygens (including phenoxy) is 1. The molecule has 0 atom stereocenters. The molecule has 0 aromatic heterocycles. The van der Waals surface area contributed by atoms with Crippen LogP contribution < -0.4 is 9.64 Å². The Labute approximate surface area is 451 Å². The summed E-state index contributed by atoms with van der Waals surface area (Å²) >= 11 is 0. The summed E-state index contributed by atoms with van der Waals surface area (Å²) in [7, 11) is 0. The van der Waals surface area contributed by atoms with E-state index in [4.69, 9.17) is 4.74 Å². The first-order valence-corrected chi connectivity index (χ1v) is 27.2. The molecule has 0 unspecified atom stereocenters. The van der Waals surface area contributed by atoms with Crippen LogP contribution in [0, 0.1) is 0 Å². The minimum atomic E-state index is -0.263. The minimum Gasteiger partial charge on any atom is -0.456 e. The van der Waals surface area contributed by atoms with Crippen molar-refractivity contribution in [1.29, 1.82) is 0 Å². The molecule has 15 rings (SSSR count). The second-order valence-corrected chi connectivity index (χ2v) is 23.2. The molecular formula is C75H57NO. The highest BCUT2D eigenvalue weighted by Crippen LogP contribution is 2.57. The molecule has 2 aliphatic carbocycles. The molecule has 0 radical (unpaired) electrons. The fraction of sp³-hybridized carbons (Fsp3) is 0.120. The smallest absolute Gasteiger partial charge is 0.139 e. The third kappa shape index (κ3) is 6.68.